The minimum atomic E-state index is -0.416. The van der Waals surface area contributed by atoms with Crippen LogP contribution < -0.4 is 30.4 Å². The van der Waals surface area contributed by atoms with E-state index in [0.29, 0.717) is 28.6 Å². The maximum atomic E-state index is 12.8. The Morgan fingerprint density at radius 2 is 1.48 bits per heavy atom. The molecule has 174 valence electrons. The average molecular weight is 453 g/mol. The summed E-state index contributed by atoms with van der Waals surface area (Å²) in [5.41, 5.74) is 3.57. The summed E-state index contributed by atoms with van der Waals surface area (Å²) in [6, 6.07) is 10.6. The van der Waals surface area contributed by atoms with Gasteiger partial charge in [-0.3, -0.25) is 14.2 Å². The summed E-state index contributed by atoms with van der Waals surface area (Å²) in [6.45, 7) is 5.46. The molecule has 0 fully saturated rings. The fourth-order valence-corrected chi connectivity index (χ4v) is 3.54. The molecule has 9 heteroatoms. The van der Waals surface area contributed by atoms with Gasteiger partial charge in [0, 0.05) is 35.3 Å². The third-order valence-electron chi connectivity index (χ3n) is 4.86. The molecule has 0 saturated carbocycles. The van der Waals surface area contributed by atoms with E-state index in [0.717, 1.165) is 16.8 Å². The number of rotatable bonds is 8. The second kappa shape index (κ2) is 10.1. The zero-order valence-electron chi connectivity index (χ0n) is 19.6. The molecule has 0 radical (unpaired) electrons. The van der Waals surface area contributed by atoms with Crippen molar-refractivity contribution in [3.8, 4) is 17.2 Å². The zero-order valence-corrected chi connectivity index (χ0v) is 19.6. The second-order valence-corrected chi connectivity index (χ2v) is 7.61. The van der Waals surface area contributed by atoms with E-state index in [9.17, 15) is 9.59 Å². The summed E-state index contributed by atoms with van der Waals surface area (Å²) in [5, 5.41) is 5.94. The van der Waals surface area contributed by atoms with Crippen molar-refractivity contribution in [3.05, 3.63) is 63.6 Å². The Morgan fingerprint density at radius 3 is 2.03 bits per heavy atom. The molecular formula is C24H28N4O5. The maximum absolute atomic E-state index is 12.8. The highest BCUT2D eigenvalue weighted by molar-refractivity contribution is 5.91. The van der Waals surface area contributed by atoms with Gasteiger partial charge in [-0.1, -0.05) is 6.07 Å². The number of amides is 1. The van der Waals surface area contributed by atoms with Crippen molar-refractivity contribution in [1.82, 2.24) is 9.55 Å². The van der Waals surface area contributed by atoms with E-state index in [1.165, 1.54) is 32.0 Å². The number of nitrogens with one attached hydrogen (secondary N) is 2. The standard InChI is InChI=1S/C24H28N4O5/c1-14-7-15(2)9-17(8-14)27-24-25-16(3)10-22(30)28(24)13-21(29)26-18-11-19(31-4)23(33-6)20(12-18)32-5/h7-12H,13H2,1-6H3,(H,25,27)(H,26,29). The topological polar surface area (TPSA) is 104 Å². The summed E-state index contributed by atoms with van der Waals surface area (Å²) < 4.78 is 17.2. The zero-order chi connectivity index (χ0) is 24.1. The molecular weight excluding hydrogens is 424 g/mol. The predicted octanol–water partition coefficient (Wildman–Crippen LogP) is 3.58. The summed E-state index contributed by atoms with van der Waals surface area (Å²) in [6.07, 6.45) is 0. The molecule has 33 heavy (non-hydrogen) atoms. The maximum Gasteiger partial charge on any atom is 0.255 e. The van der Waals surface area contributed by atoms with Gasteiger partial charge in [0.05, 0.1) is 21.3 Å². The lowest BCUT2D eigenvalue weighted by atomic mass is 10.1. The van der Waals surface area contributed by atoms with Crippen LogP contribution in [0.2, 0.25) is 0 Å². The molecule has 3 aromatic rings. The molecule has 9 nitrogen and oxygen atoms in total. The second-order valence-electron chi connectivity index (χ2n) is 7.61. The largest absolute Gasteiger partial charge is 0.493 e. The van der Waals surface area contributed by atoms with Crippen molar-refractivity contribution in [2.45, 2.75) is 27.3 Å². The van der Waals surface area contributed by atoms with E-state index in [1.54, 1.807) is 19.1 Å². The number of methoxy groups -OCH3 is 3. The Hall–Kier alpha value is -4.01. The van der Waals surface area contributed by atoms with Gasteiger partial charge in [-0.05, 0) is 44.0 Å². The van der Waals surface area contributed by atoms with Crippen LogP contribution in [0, 0.1) is 20.8 Å². The van der Waals surface area contributed by atoms with Gasteiger partial charge >= 0.3 is 0 Å². The minimum Gasteiger partial charge on any atom is -0.493 e. The first kappa shape index (κ1) is 23.6. The molecule has 1 aromatic heterocycles. The molecule has 0 saturated heterocycles. The first-order valence-corrected chi connectivity index (χ1v) is 10.3. The quantitative estimate of drug-likeness (QED) is 0.538. The van der Waals surface area contributed by atoms with Gasteiger partial charge in [0.2, 0.25) is 17.6 Å². The molecule has 3 rings (SSSR count). The van der Waals surface area contributed by atoms with Crippen LogP contribution in [0.4, 0.5) is 17.3 Å². The minimum absolute atomic E-state index is 0.240. The molecule has 1 amide bonds. The number of benzene rings is 2. The number of carbonyl (C=O) groups excluding carboxylic acids is 1. The molecule has 0 aliphatic heterocycles. The summed E-state index contributed by atoms with van der Waals surface area (Å²) in [5.74, 6) is 1.08. The lowest BCUT2D eigenvalue weighted by molar-refractivity contribution is -0.116. The van der Waals surface area contributed by atoms with Gasteiger partial charge in [-0.25, -0.2) is 4.98 Å². The van der Waals surface area contributed by atoms with E-state index in [1.807, 2.05) is 32.0 Å². The number of anilines is 3. The summed E-state index contributed by atoms with van der Waals surface area (Å²) >= 11 is 0. The molecule has 0 aliphatic rings. The molecule has 2 N–H and O–H groups in total. The molecule has 1 heterocycles. The summed E-state index contributed by atoms with van der Waals surface area (Å²) in [7, 11) is 4.48. The van der Waals surface area contributed by atoms with Gasteiger partial charge in [0.1, 0.15) is 6.54 Å². The smallest absolute Gasteiger partial charge is 0.255 e. The van der Waals surface area contributed by atoms with E-state index < -0.39 is 5.91 Å². The molecule has 0 unspecified atom stereocenters. The van der Waals surface area contributed by atoms with Gasteiger partial charge in [0.25, 0.3) is 5.56 Å². The number of hydrogen-bond donors (Lipinski definition) is 2. The first-order valence-electron chi connectivity index (χ1n) is 10.3. The van der Waals surface area contributed by atoms with Crippen molar-refractivity contribution in [2.24, 2.45) is 0 Å². The molecule has 0 atom stereocenters. The lowest BCUT2D eigenvalue weighted by Crippen LogP contribution is -2.30. The highest BCUT2D eigenvalue weighted by atomic mass is 16.5. The van der Waals surface area contributed by atoms with E-state index in [-0.39, 0.29) is 18.1 Å². The molecule has 0 aliphatic carbocycles. The normalized spacial score (nSPS) is 10.5. The molecule has 0 spiro atoms. The Balaban J connectivity index is 1.89. The number of ether oxygens (including phenoxy) is 3. The van der Waals surface area contributed by atoms with Gasteiger partial charge < -0.3 is 24.8 Å². The number of carbonyl (C=O) groups is 1. The molecule has 2 aromatic carbocycles. The van der Waals surface area contributed by atoms with Crippen LogP contribution in [0.1, 0.15) is 16.8 Å². The molecule has 0 bridgehead atoms. The van der Waals surface area contributed by atoms with E-state index >= 15 is 0 Å². The van der Waals surface area contributed by atoms with Crippen molar-refractivity contribution in [1.29, 1.82) is 0 Å². The first-order chi connectivity index (χ1) is 15.7. The Labute approximate surface area is 192 Å². The fraction of sp³-hybridized carbons (Fsp3) is 0.292. The Kier molecular flexibility index (Phi) is 7.22. The highest BCUT2D eigenvalue weighted by Crippen LogP contribution is 2.39. The number of aromatic nitrogens is 2. The fourth-order valence-electron chi connectivity index (χ4n) is 3.54. The van der Waals surface area contributed by atoms with E-state index in [2.05, 4.69) is 15.6 Å². The van der Waals surface area contributed by atoms with Crippen molar-refractivity contribution >= 4 is 23.2 Å². The Morgan fingerprint density at radius 1 is 0.879 bits per heavy atom. The third kappa shape index (κ3) is 5.62. The van der Waals surface area contributed by atoms with Gasteiger partial charge in [0.15, 0.2) is 11.5 Å². The van der Waals surface area contributed by atoms with Crippen molar-refractivity contribution in [3.63, 3.8) is 0 Å². The SMILES string of the molecule is COc1cc(NC(=O)Cn2c(Nc3cc(C)cc(C)c3)nc(C)cc2=O)cc(OC)c1OC. The monoisotopic (exact) mass is 452 g/mol. The number of hydrogen-bond acceptors (Lipinski definition) is 7. The number of nitrogens with zero attached hydrogens (tertiary/aromatic N) is 2. The van der Waals surface area contributed by atoms with Crippen molar-refractivity contribution in [2.75, 3.05) is 32.0 Å². The van der Waals surface area contributed by atoms with Crippen LogP contribution in [0.5, 0.6) is 17.2 Å². The van der Waals surface area contributed by atoms with Crippen LogP contribution in [0.15, 0.2) is 41.2 Å². The average Bonchev–Trinajstić information content (AvgIpc) is 2.74. The third-order valence-corrected chi connectivity index (χ3v) is 4.86. The van der Waals surface area contributed by atoms with Crippen LogP contribution in [0.25, 0.3) is 0 Å². The van der Waals surface area contributed by atoms with Crippen LogP contribution in [-0.2, 0) is 11.3 Å². The lowest BCUT2D eigenvalue weighted by Gasteiger charge is -2.16. The summed E-state index contributed by atoms with van der Waals surface area (Å²) in [4.78, 5) is 30.0. The van der Waals surface area contributed by atoms with E-state index in [4.69, 9.17) is 14.2 Å². The van der Waals surface area contributed by atoms with Crippen LogP contribution in [0.3, 0.4) is 0 Å². The van der Waals surface area contributed by atoms with Crippen LogP contribution in [-0.4, -0.2) is 36.8 Å². The van der Waals surface area contributed by atoms with Crippen molar-refractivity contribution < 1.29 is 19.0 Å². The number of aryl methyl sites for hydroxylation is 3. The van der Waals surface area contributed by atoms with Gasteiger partial charge in [-0.2, -0.15) is 0 Å². The predicted molar refractivity (Wildman–Crippen MR) is 127 cm³/mol. The van der Waals surface area contributed by atoms with Gasteiger partial charge in [-0.15, -0.1) is 0 Å². The Bertz CT molecular complexity index is 1190. The highest BCUT2D eigenvalue weighted by Gasteiger charge is 2.16. The van der Waals surface area contributed by atoms with Crippen LogP contribution >= 0.6 is 0 Å².